The van der Waals surface area contributed by atoms with Crippen molar-refractivity contribution in [3.63, 3.8) is 0 Å². The molecule has 2 N–H and O–H groups in total. The molecule has 1 saturated heterocycles. The van der Waals surface area contributed by atoms with Gasteiger partial charge in [-0.1, -0.05) is 18.2 Å². The van der Waals surface area contributed by atoms with Crippen molar-refractivity contribution in [1.82, 2.24) is 14.4 Å². The maximum absolute atomic E-state index is 13.3. The standard InChI is InChI=1S/C22H24N4O5/c1-13(24-12-15-4-2-3-5-17(15)21(24)28)20(27)23-9-14-8-16(11-23)18-6-7-19(26(30)31)22(29)25(18)10-14/h2-7,13-14,16,26,30H,8-12H2,1H3/t13-,14-,16?/m0/s1. The summed E-state index contributed by atoms with van der Waals surface area (Å²) in [5.41, 5.74) is 1.66. The quantitative estimate of drug-likeness (QED) is 0.686. The van der Waals surface area contributed by atoms with Gasteiger partial charge in [0, 0.05) is 49.4 Å². The summed E-state index contributed by atoms with van der Waals surface area (Å²) in [5.74, 6) is -0.151. The van der Waals surface area contributed by atoms with Crippen LogP contribution in [0.3, 0.4) is 0 Å². The van der Waals surface area contributed by atoms with Crippen molar-refractivity contribution in [3.8, 4) is 0 Å². The Labute approximate surface area is 178 Å². The highest BCUT2D eigenvalue weighted by Gasteiger charge is 2.41. The minimum Gasteiger partial charge on any atom is -0.595 e. The minimum absolute atomic E-state index is 0.0225. The first kappa shape index (κ1) is 19.9. The van der Waals surface area contributed by atoms with Gasteiger partial charge in [0.25, 0.3) is 5.91 Å². The Bertz CT molecular complexity index is 1130. The predicted octanol–water partition coefficient (Wildman–Crippen LogP) is 0.242. The minimum atomic E-state index is -1.22. The monoisotopic (exact) mass is 424 g/mol. The van der Waals surface area contributed by atoms with E-state index in [-0.39, 0.29) is 29.3 Å². The normalized spacial score (nSPS) is 23.9. The van der Waals surface area contributed by atoms with E-state index < -0.39 is 16.8 Å². The summed E-state index contributed by atoms with van der Waals surface area (Å²) in [4.78, 5) is 42.1. The fraction of sp³-hybridized carbons (Fsp3) is 0.409. The summed E-state index contributed by atoms with van der Waals surface area (Å²) in [6.45, 7) is 3.56. The van der Waals surface area contributed by atoms with Crippen LogP contribution in [0.2, 0.25) is 0 Å². The Balaban J connectivity index is 1.36. The molecule has 1 aromatic carbocycles. The van der Waals surface area contributed by atoms with Gasteiger partial charge >= 0.3 is 5.56 Å². The molecule has 5 rings (SSSR count). The highest BCUT2D eigenvalue weighted by atomic mass is 16.8. The molecule has 3 aliphatic rings. The zero-order valence-corrected chi connectivity index (χ0v) is 17.2. The zero-order valence-electron chi connectivity index (χ0n) is 17.2. The number of hydrogen-bond donors (Lipinski definition) is 2. The van der Waals surface area contributed by atoms with Crippen LogP contribution >= 0.6 is 0 Å². The number of benzene rings is 1. The topological polar surface area (TPSA) is 110 Å². The van der Waals surface area contributed by atoms with E-state index in [1.807, 2.05) is 18.2 Å². The van der Waals surface area contributed by atoms with Gasteiger partial charge in [-0.05, 0) is 37.0 Å². The molecule has 162 valence electrons. The molecule has 0 spiro atoms. The molecule has 1 fully saturated rings. The lowest BCUT2D eigenvalue weighted by atomic mass is 9.83. The maximum atomic E-state index is 13.3. The van der Waals surface area contributed by atoms with Gasteiger partial charge in [-0.3, -0.25) is 14.4 Å². The summed E-state index contributed by atoms with van der Waals surface area (Å²) in [5, 5.41) is 19.3. The van der Waals surface area contributed by atoms with Gasteiger partial charge < -0.3 is 19.6 Å². The molecule has 4 atom stereocenters. The molecule has 0 saturated carbocycles. The zero-order chi connectivity index (χ0) is 21.9. The van der Waals surface area contributed by atoms with Crippen LogP contribution in [0.25, 0.3) is 0 Å². The lowest BCUT2D eigenvalue weighted by Gasteiger charge is -2.44. The van der Waals surface area contributed by atoms with Crippen molar-refractivity contribution in [2.24, 2.45) is 5.92 Å². The smallest absolute Gasteiger partial charge is 0.315 e. The number of likely N-dealkylation sites (tertiary alicyclic amines) is 1. The third kappa shape index (κ3) is 3.16. The second-order valence-electron chi connectivity index (χ2n) is 8.70. The van der Waals surface area contributed by atoms with Crippen LogP contribution in [-0.2, 0) is 17.9 Å². The molecule has 2 bridgehead atoms. The van der Waals surface area contributed by atoms with Crippen LogP contribution in [0.4, 0.5) is 5.69 Å². The van der Waals surface area contributed by atoms with E-state index in [9.17, 15) is 24.8 Å². The Morgan fingerprint density at radius 1 is 1.16 bits per heavy atom. The summed E-state index contributed by atoms with van der Waals surface area (Å²) < 4.78 is 1.56. The summed E-state index contributed by atoms with van der Waals surface area (Å²) >= 11 is 0. The van der Waals surface area contributed by atoms with Crippen molar-refractivity contribution in [2.75, 3.05) is 13.1 Å². The van der Waals surface area contributed by atoms with Crippen LogP contribution in [0.15, 0.2) is 41.2 Å². The lowest BCUT2D eigenvalue weighted by molar-refractivity contribution is -0.992. The summed E-state index contributed by atoms with van der Waals surface area (Å²) in [6.07, 6.45) is 0.859. The van der Waals surface area contributed by atoms with Gasteiger partial charge in [-0.2, -0.15) is 5.23 Å². The number of fused-ring (bicyclic) bond motifs is 5. The average molecular weight is 424 g/mol. The molecular formula is C22H24N4O5. The number of piperidine rings is 1. The van der Waals surface area contributed by atoms with Crippen molar-refractivity contribution in [3.05, 3.63) is 68.8 Å². The number of amides is 2. The fourth-order valence-electron chi connectivity index (χ4n) is 5.28. The van der Waals surface area contributed by atoms with Crippen LogP contribution in [0, 0.1) is 11.1 Å². The number of aromatic nitrogens is 1. The second-order valence-corrected chi connectivity index (χ2v) is 8.70. The first-order valence-electron chi connectivity index (χ1n) is 10.5. The molecule has 1 aromatic heterocycles. The molecule has 9 heteroatoms. The molecule has 9 nitrogen and oxygen atoms in total. The van der Waals surface area contributed by atoms with E-state index in [0.29, 0.717) is 31.7 Å². The number of nitrogens with zero attached hydrogens (tertiary/aromatic N) is 3. The van der Waals surface area contributed by atoms with E-state index in [0.717, 1.165) is 17.7 Å². The van der Waals surface area contributed by atoms with Crippen molar-refractivity contribution in [2.45, 2.75) is 38.4 Å². The van der Waals surface area contributed by atoms with Gasteiger partial charge in [0.15, 0.2) is 0 Å². The van der Waals surface area contributed by atoms with E-state index in [1.54, 1.807) is 33.4 Å². The molecular weight excluding hydrogens is 400 g/mol. The second kappa shape index (κ2) is 7.30. The van der Waals surface area contributed by atoms with Gasteiger partial charge in [-0.25, -0.2) is 5.21 Å². The number of quaternary nitrogens is 1. The Morgan fingerprint density at radius 2 is 1.94 bits per heavy atom. The SMILES string of the molecule is C[C@@H](C(=O)N1CC2C[C@@H](C1)Cn1c2ccc([NH+]([O-])O)c1=O)N1Cc2ccccc2C1=O. The first-order valence-corrected chi connectivity index (χ1v) is 10.5. The van der Waals surface area contributed by atoms with E-state index in [1.165, 1.54) is 6.07 Å². The molecule has 0 radical (unpaired) electrons. The largest absolute Gasteiger partial charge is 0.595 e. The molecule has 3 aliphatic heterocycles. The molecule has 0 aliphatic carbocycles. The lowest BCUT2D eigenvalue weighted by Crippen LogP contribution is -3.00. The number of nitrogens with one attached hydrogen (secondary N) is 1. The van der Waals surface area contributed by atoms with Crippen molar-refractivity contribution in [1.29, 1.82) is 0 Å². The molecule has 2 unspecified atom stereocenters. The third-order valence-electron chi connectivity index (χ3n) is 6.82. The van der Waals surface area contributed by atoms with Gasteiger partial charge in [0.1, 0.15) is 6.04 Å². The third-order valence-corrected chi connectivity index (χ3v) is 6.82. The fourth-order valence-corrected chi connectivity index (χ4v) is 5.28. The Kier molecular flexibility index (Phi) is 4.69. The van der Waals surface area contributed by atoms with E-state index in [2.05, 4.69) is 0 Å². The summed E-state index contributed by atoms with van der Waals surface area (Å²) in [6, 6.07) is 9.91. The van der Waals surface area contributed by atoms with E-state index in [4.69, 9.17) is 0 Å². The van der Waals surface area contributed by atoms with E-state index >= 15 is 0 Å². The number of hydrogen-bond acceptors (Lipinski definition) is 5. The Morgan fingerprint density at radius 3 is 2.68 bits per heavy atom. The average Bonchev–Trinajstić information content (AvgIpc) is 3.10. The molecule has 4 heterocycles. The van der Waals surface area contributed by atoms with Crippen molar-refractivity contribution < 1.29 is 20.0 Å². The number of carbonyl (C=O) groups excluding carboxylic acids is 2. The Hall–Kier alpha value is -3.01. The van der Waals surface area contributed by atoms with Gasteiger partial charge in [-0.15, -0.1) is 0 Å². The van der Waals surface area contributed by atoms with Crippen LogP contribution in [0.1, 0.15) is 40.9 Å². The van der Waals surface area contributed by atoms with Crippen LogP contribution < -0.4 is 10.8 Å². The summed E-state index contributed by atoms with van der Waals surface area (Å²) in [7, 11) is 0. The molecule has 31 heavy (non-hydrogen) atoms. The number of pyridine rings is 1. The highest BCUT2D eigenvalue weighted by molar-refractivity contribution is 6.01. The number of carbonyl (C=O) groups is 2. The first-order chi connectivity index (χ1) is 14.8. The van der Waals surface area contributed by atoms with Crippen LogP contribution in [0.5, 0.6) is 0 Å². The maximum Gasteiger partial charge on any atom is 0.315 e. The molecule has 2 aromatic rings. The predicted molar refractivity (Wildman–Crippen MR) is 110 cm³/mol. The van der Waals surface area contributed by atoms with Crippen molar-refractivity contribution >= 4 is 17.5 Å². The molecule has 2 amide bonds. The van der Waals surface area contributed by atoms with Gasteiger partial charge in [0.05, 0.1) is 0 Å². The van der Waals surface area contributed by atoms with Crippen LogP contribution in [-0.4, -0.2) is 50.5 Å². The van der Waals surface area contributed by atoms with Gasteiger partial charge in [0.2, 0.25) is 11.6 Å². The number of rotatable bonds is 3. The highest BCUT2D eigenvalue weighted by Crippen LogP contribution is 2.36.